The van der Waals surface area contributed by atoms with E-state index in [0.717, 1.165) is 17.9 Å². The molecule has 0 fully saturated rings. The van der Waals surface area contributed by atoms with Gasteiger partial charge in [-0.05, 0) is 0 Å². The standard InChI is InChI=1S/C8H10NOS2.Po/c1-6-8(12-5-9-6)3-4-11-7(2)10;/h5H,2-4H2,1H3;. The number of aromatic nitrogens is 1. The number of nitrogens with zero attached hydrogens (tertiary/aromatic N) is 1. The van der Waals surface area contributed by atoms with E-state index in [-0.39, 0.29) is 0 Å². The van der Waals surface area contributed by atoms with Gasteiger partial charge in [0.2, 0.25) is 0 Å². The Labute approximate surface area is 102 Å². The Balaban J connectivity index is 2.28. The van der Waals surface area contributed by atoms with Gasteiger partial charge in [0.25, 0.3) is 0 Å². The minimum atomic E-state index is 0.317. The third-order valence-corrected chi connectivity index (χ3v) is 5.23. The second kappa shape index (κ2) is 6.11. The first-order valence-corrected chi connectivity index (χ1v) is 7.97. The van der Waals surface area contributed by atoms with Crippen LogP contribution in [0.25, 0.3) is 0 Å². The Kier molecular flexibility index (Phi) is 5.46. The molecule has 1 aromatic heterocycles. The van der Waals surface area contributed by atoms with Gasteiger partial charge in [-0.3, -0.25) is 0 Å². The first kappa shape index (κ1) is 11.6. The molecule has 1 aromatic rings. The van der Waals surface area contributed by atoms with E-state index in [1.54, 1.807) is 11.3 Å². The van der Waals surface area contributed by atoms with E-state index in [2.05, 4.69) is 4.98 Å². The first-order valence-electron chi connectivity index (χ1n) is 3.86. The van der Waals surface area contributed by atoms with Crippen molar-refractivity contribution < 1.29 is 4.79 Å². The first-order chi connectivity index (χ1) is 6.24. The molecule has 0 aromatic carbocycles. The van der Waals surface area contributed by atoms with Crippen LogP contribution in [0.3, 0.4) is 0 Å². The number of hydrogen-bond donors (Lipinski definition) is 0. The van der Waals surface area contributed by atoms with Crippen molar-refractivity contribution in [1.29, 1.82) is 0 Å². The van der Waals surface area contributed by atoms with Gasteiger partial charge >= 0.3 is 102 Å². The predicted molar refractivity (Wildman–Crippen MR) is 58.6 cm³/mol. The number of carbonyl (C=O) groups excluding carboxylic acids is 1. The summed E-state index contributed by atoms with van der Waals surface area (Å²) in [7, 11) is 0. The van der Waals surface area contributed by atoms with Gasteiger partial charge in [-0.2, -0.15) is 0 Å². The topological polar surface area (TPSA) is 30.0 Å². The van der Waals surface area contributed by atoms with Crippen molar-refractivity contribution in [2.75, 3.05) is 5.75 Å². The molecule has 0 bridgehead atoms. The van der Waals surface area contributed by atoms with Gasteiger partial charge in [-0.25, -0.2) is 0 Å². The fourth-order valence-corrected chi connectivity index (χ4v) is 3.36. The monoisotopic (exact) mass is 409 g/mol. The van der Waals surface area contributed by atoms with Crippen molar-refractivity contribution >= 4 is 53.3 Å². The van der Waals surface area contributed by atoms with Crippen molar-refractivity contribution in [3.8, 4) is 0 Å². The van der Waals surface area contributed by atoms with Crippen LogP contribution in [0.5, 0.6) is 0 Å². The fraction of sp³-hybridized carbons (Fsp3) is 0.500. The summed E-state index contributed by atoms with van der Waals surface area (Å²) >= 11 is 4.47. The minimum absolute atomic E-state index is 0.317. The normalized spacial score (nSPS) is 10.3. The molecule has 1 rings (SSSR count). The summed E-state index contributed by atoms with van der Waals surface area (Å²) in [5, 5.41) is 0.317. The number of thiazole rings is 1. The molecule has 0 saturated carbocycles. The SMILES string of the molecule is Cc1ncsc1CCSC(=O)[CH2][Po]. The summed E-state index contributed by atoms with van der Waals surface area (Å²) in [5.41, 5.74) is 2.97. The second-order valence-electron chi connectivity index (χ2n) is 2.48. The molecule has 71 valence electrons. The fourth-order valence-electron chi connectivity index (χ4n) is 0.865. The van der Waals surface area contributed by atoms with Crippen LogP contribution < -0.4 is 0 Å². The van der Waals surface area contributed by atoms with E-state index in [1.807, 2.05) is 12.4 Å². The Morgan fingerprint density at radius 1 is 1.77 bits per heavy atom. The van der Waals surface area contributed by atoms with Crippen LogP contribution in [0.2, 0.25) is 4.08 Å². The van der Waals surface area contributed by atoms with Gasteiger partial charge in [0.1, 0.15) is 0 Å². The van der Waals surface area contributed by atoms with E-state index in [1.165, 1.54) is 41.7 Å². The maximum absolute atomic E-state index is 11.0. The van der Waals surface area contributed by atoms with Gasteiger partial charge in [0, 0.05) is 0 Å². The molecular weight excluding hydrogens is 399 g/mol. The van der Waals surface area contributed by atoms with E-state index >= 15 is 0 Å². The van der Waals surface area contributed by atoms with Crippen molar-refractivity contribution in [3.05, 3.63) is 16.1 Å². The number of thioether (sulfide) groups is 1. The Bertz CT molecular complexity index is 287. The third kappa shape index (κ3) is 4.06. The van der Waals surface area contributed by atoms with E-state index in [9.17, 15) is 4.79 Å². The molecule has 0 N–H and O–H groups in total. The zero-order valence-corrected chi connectivity index (χ0v) is 12.1. The van der Waals surface area contributed by atoms with Gasteiger partial charge in [0.05, 0.1) is 0 Å². The summed E-state index contributed by atoms with van der Waals surface area (Å²) in [5.74, 6) is 0.898. The van der Waals surface area contributed by atoms with Gasteiger partial charge in [0.15, 0.2) is 0 Å². The molecular formula is C8H10NOPoS2. The van der Waals surface area contributed by atoms with Gasteiger partial charge < -0.3 is 0 Å². The Hall–Kier alpha value is 0.546. The molecule has 0 atom stereocenters. The molecule has 0 aliphatic rings. The van der Waals surface area contributed by atoms with Crippen LogP contribution in [-0.2, 0) is 11.2 Å². The molecule has 0 unspecified atom stereocenters. The summed E-state index contributed by atoms with van der Waals surface area (Å²) in [4.78, 5) is 16.5. The molecule has 0 spiro atoms. The van der Waals surface area contributed by atoms with Crippen LogP contribution in [0.15, 0.2) is 5.51 Å². The zero-order valence-electron chi connectivity index (χ0n) is 7.28. The summed E-state index contributed by atoms with van der Waals surface area (Å²) in [6.07, 6.45) is 0.974. The van der Waals surface area contributed by atoms with E-state index in [4.69, 9.17) is 0 Å². The van der Waals surface area contributed by atoms with Gasteiger partial charge in [-0.1, -0.05) is 0 Å². The molecule has 5 heteroatoms. The second-order valence-corrected chi connectivity index (χ2v) is 5.69. The van der Waals surface area contributed by atoms with Crippen LogP contribution in [-0.4, -0.2) is 40.9 Å². The van der Waals surface area contributed by atoms with Crippen molar-refractivity contribution in [1.82, 2.24) is 4.98 Å². The molecule has 1 radical (unpaired) electrons. The van der Waals surface area contributed by atoms with Crippen molar-refractivity contribution in [3.63, 3.8) is 0 Å². The number of carbonyl (C=O) groups is 1. The number of rotatable bonds is 4. The molecule has 13 heavy (non-hydrogen) atoms. The Morgan fingerprint density at radius 2 is 2.54 bits per heavy atom. The average molecular weight is 409 g/mol. The van der Waals surface area contributed by atoms with E-state index < -0.39 is 0 Å². The van der Waals surface area contributed by atoms with Crippen LogP contribution >= 0.6 is 23.1 Å². The average Bonchev–Trinajstić information content (AvgIpc) is 2.52. The number of hydrogen-bond acceptors (Lipinski definition) is 4. The molecule has 0 saturated heterocycles. The summed E-state index contributed by atoms with van der Waals surface area (Å²) in [6.45, 7) is 2.02. The number of aryl methyl sites for hydroxylation is 2. The van der Waals surface area contributed by atoms with Crippen LogP contribution in [0.1, 0.15) is 10.6 Å². The van der Waals surface area contributed by atoms with E-state index in [0.29, 0.717) is 9.19 Å². The van der Waals surface area contributed by atoms with Crippen LogP contribution in [0.4, 0.5) is 0 Å². The zero-order chi connectivity index (χ0) is 9.68. The maximum atomic E-state index is 11.0. The molecule has 0 amide bonds. The quantitative estimate of drug-likeness (QED) is 0.761. The van der Waals surface area contributed by atoms with Gasteiger partial charge in [-0.15, -0.1) is 0 Å². The molecule has 1 heterocycles. The molecule has 2 nitrogen and oxygen atoms in total. The predicted octanol–water partition coefficient (Wildman–Crippen LogP) is 1.84. The van der Waals surface area contributed by atoms with Crippen molar-refractivity contribution in [2.24, 2.45) is 0 Å². The summed E-state index contributed by atoms with van der Waals surface area (Å²) in [6, 6.07) is 0. The summed E-state index contributed by atoms with van der Waals surface area (Å²) < 4.78 is 0.715. The molecule has 0 aliphatic heterocycles. The molecule has 0 aliphatic carbocycles. The van der Waals surface area contributed by atoms with Crippen molar-refractivity contribution in [2.45, 2.75) is 17.4 Å². The Morgan fingerprint density at radius 3 is 3.08 bits per heavy atom. The third-order valence-electron chi connectivity index (χ3n) is 1.55. The van der Waals surface area contributed by atoms with Crippen LogP contribution in [0, 0.1) is 6.92 Å².